The van der Waals surface area contributed by atoms with Crippen molar-refractivity contribution in [3.63, 3.8) is 0 Å². The SMILES string of the molecule is CCN1CCN(CC)[C@H](c2cc(N3CCOC[C@H]3C)nc(-c3ccnc4[nH]ccc34)n2)C1. The van der Waals surface area contributed by atoms with Crippen molar-refractivity contribution in [3.05, 3.63) is 36.3 Å². The van der Waals surface area contributed by atoms with Gasteiger partial charge in [-0.05, 0) is 32.1 Å². The van der Waals surface area contributed by atoms with Crippen molar-refractivity contribution in [3.8, 4) is 11.4 Å². The molecule has 0 amide bonds. The van der Waals surface area contributed by atoms with E-state index in [4.69, 9.17) is 14.7 Å². The van der Waals surface area contributed by atoms with Gasteiger partial charge in [0, 0.05) is 55.6 Å². The summed E-state index contributed by atoms with van der Waals surface area (Å²) in [4.78, 5) is 25.3. The number of pyridine rings is 1. The van der Waals surface area contributed by atoms with Crippen LogP contribution in [0.25, 0.3) is 22.4 Å². The van der Waals surface area contributed by atoms with Crippen LogP contribution < -0.4 is 4.90 Å². The Labute approximate surface area is 189 Å². The van der Waals surface area contributed by atoms with Crippen molar-refractivity contribution >= 4 is 16.9 Å². The number of ether oxygens (including phenoxy) is 1. The summed E-state index contributed by atoms with van der Waals surface area (Å²) in [5.41, 5.74) is 2.98. The quantitative estimate of drug-likeness (QED) is 0.660. The van der Waals surface area contributed by atoms with Gasteiger partial charge in [0.15, 0.2) is 5.82 Å². The number of aromatic nitrogens is 4. The minimum Gasteiger partial charge on any atom is -0.377 e. The summed E-state index contributed by atoms with van der Waals surface area (Å²) in [6.07, 6.45) is 3.76. The number of hydrogen-bond donors (Lipinski definition) is 1. The number of anilines is 1. The van der Waals surface area contributed by atoms with Gasteiger partial charge < -0.3 is 19.5 Å². The number of morpholine rings is 1. The molecule has 1 N–H and O–H groups in total. The maximum atomic E-state index is 5.69. The zero-order valence-electron chi connectivity index (χ0n) is 19.3. The molecule has 5 heterocycles. The fourth-order valence-corrected chi connectivity index (χ4v) is 4.94. The highest BCUT2D eigenvalue weighted by molar-refractivity contribution is 5.91. The van der Waals surface area contributed by atoms with Gasteiger partial charge in [-0.2, -0.15) is 0 Å². The standard InChI is InChI=1S/C24H33N7O/c1-4-29-10-11-30(5-2)21(15-29)20-14-22(31-12-13-32-16-17(31)3)28-24(27-20)19-7-9-26-23-18(19)6-8-25-23/h6-9,14,17,21H,4-5,10-13,15-16H2,1-3H3,(H,25,26)/t17-,21+/m1/s1. The summed E-state index contributed by atoms with van der Waals surface area (Å²) in [7, 11) is 0. The third-order valence-corrected chi connectivity index (χ3v) is 6.87. The van der Waals surface area contributed by atoms with Crippen LogP contribution in [0.3, 0.4) is 0 Å². The van der Waals surface area contributed by atoms with Gasteiger partial charge in [-0.3, -0.25) is 4.90 Å². The Morgan fingerprint density at radius 3 is 2.84 bits per heavy atom. The van der Waals surface area contributed by atoms with Crippen molar-refractivity contribution in [2.24, 2.45) is 0 Å². The van der Waals surface area contributed by atoms with Gasteiger partial charge in [0.1, 0.15) is 11.5 Å². The molecule has 3 aromatic rings. The van der Waals surface area contributed by atoms with Crippen LogP contribution in [0.15, 0.2) is 30.6 Å². The molecular formula is C24H33N7O. The predicted octanol–water partition coefficient (Wildman–Crippen LogP) is 2.94. The van der Waals surface area contributed by atoms with Crippen LogP contribution in [0.1, 0.15) is 32.5 Å². The molecule has 0 radical (unpaired) electrons. The van der Waals surface area contributed by atoms with Crippen LogP contribution in [-0.4, -0.2) is 88.3 Å². The fourth-order valence-electron chi connectivity index (χ4n) is 4.94. The number of piperazine rings is 1. The van der Waals surface area contributed by atoms with Crippen LogP contribution in [0, 0.1) is 0 Å². The zero-order valence-corrected chi connectivity index (χ0v) is 19.3. The number of hydrogen-bond acceptors (Lipinski definition) is 7. The van der Waals surface area contributed by atoms with Gasteiger partial charge in [-0.25, -0.2) is 15.0 Å². The zero-order chi connectivity index (χ0) is 22.1. The van der Waals surface area contributed by atoms with Gasteiger partial charge >= 0.3 is 0 Å². The molecule has 0 unspecified atom stereocenters. The van der Waals surface area contributed by atoms with Crippen molar-refractivity contribution in [1.29, 1.82) is 0 Å². The fraction of sp³-hybridized carbons (Fsp3) is 0.542. The minimum absolute atomic E-state index is 0.258. The Morgan fingerprint density at radius 1 is 1.12 bits per heavy atom. The van der Waals surface area contributed by atoms with Gasteiger partial charge in [0.25, 0.3) is 0 Å². The molecule has 5 rings (SSSR count). The number of nitrogens with one attached hydrogen (secondary N) is 1. The molecule has 8 heteroatoms. The topological polar surface area (TPSA) is 73.4 Å². The first-order valence-electron chi connectivity index (χ1n) is 11.8. The largest absolute Gasteiger partial charge is 0.377 e. The molecule has 2 atom stereocenters. The molecule has 2 saturated heterocycles. The van der Waals surface area contributed by atoms with E-state index in [2.05, 4.69) is 57.6 Å². The molecule has 3 aromatic heterocycles. The van der Waals surface area contributed by atoms with Crippen molar-refractivity contribution in [2.45, 2.75) is 32.9 Å². The summed E-state index contributed by atoms with van der Waals surface area (Å²) in [5, 5.41) is 1.05. The second kappa shape index (κ2) is 9.13. The molecule has 2 aliphatic heterocycles. The first-order chi connectivity index (χ1) is 15.7. The van der Waals surface area contributed by atoms with Gasteiger partial charge in [-0.1, -0.05) is 13.8 Å². The number of likely N-dealkylation sites (N-methyl/N-ethyl adjacent to an activating group) is 2. The van der Waals surface area contributed by atoms with E-state index in [1.54, 1.807) is 0 Å². The second-order valence-corrected chi connectivity index (χ2v) is 8.73. The summed E-state index contributed by atoms with van der Waals surface area (Å²) in [6.45, 7) is 14.2. The molecule has 2 aliphatic rings. The van der Waals surface area contributed by atoms with E-state index < -0.39 is 0 Å². The van der Waals surface area contributed by atoms with E-state index in [9.17, 15) is 0 Å². The molecular weight excluding hydrogens is 402 g/mol. The normalized spacial score (nSPS) is 23.2. The van der Waals surface area contributed by atoms with E-state index >= 15 is 0 Å². The lowest BCUT2D eigenvalue weighted by atomic mass is 10.1. The Hall–Kier alpha value is -2.55. The van der Waals surface area contributed by atoms with Crippen LogP contribution in [-0.2, 0) is 4.74 Å². The second-order valence-electron chi connectivity index (χ2n) is 8.73. The van der Waals surface area contributed by atoms with Crippen LogP contribution >= 0.6 is 0 Å². The maximum absolute atomic E-state index is 5.69. The molecule has 0 aromatic carbocycles. The first kappa shape index (κ1) is 21.3. The van der Waals surface area contributed by atoms with Gasteiger partial charge in [-0.15, -0.1) is 0 Å². The Morgan fingerprint density at radius 2 is 2.03 bits per heavy atom. The molecule has 170 valence electrons. The summed E-state index contributed by atoms with van der Waals surface area (Å²) < 4.78 is 5.69. The van der Waals surface area contributed by atoms with E-state index in [0.717, 1.165) is 86.4 Å². The predicted molar refractivity (Wildman–Crippen MR) is 127 cm³/mol. The average molecular weight is 436 g/mol. The van der Waals surface area contributed by atoms with Crippen molar-refractivity contribution in [2.75, 3.05) is 57.4 Å². The Kier molecular flexibility index (Phi) is 6.08. The molecule has 32 heavy (non-hydrogen) atoms. The van der Waals surface area contributed by atoms with E-state index in [-0.39, 0.29) is 12.1 Å². The molecule has 0 bridgehead atoms. The first-order valence-corrected chi connectivity index (χ1v) is 11.8. The van der Waals surface area contributed by atoms with Gasteiger partial charge in [0.05, 0.1) is 31.0 Å². The third-order valence-electron chi connectivity index (χ3n) is 6.87. The molecule has 0 aliphatic carbocycles. The molecule has 0 saturated carbocycles. The Balaban J connectivity index is 1.63. The van der Waals surface area contributed by atoms with Crippen LogP contribution in [0.5, 0.6) is 0 Å². The van der Waals surface area contributed by atoms with Crippen molar-refractivity contribution in [1.82, 2.24) is 29.7 Å². The van der Waals surface area contributed by atoms with E-state index in [0.29, 0.717) is 0 Å². The monoisotopic (exact) mass is 435 g/mol. The van der Waals surface area contributed by atoms with E-state index in [1.807, 2.05) is 18.5 Å². The highest BCUT2D eigenvalue weighted by Crippen LogP contribution is 2.32. The van der Waals surface area contributed by atoms with Crippen molar-refractivity contribution < 1.29 is 4.74 Å². The highest BCUT2D eigenvalue weighted by atomic mass is 16.5. The minimum atomic E-state index is 0.258. The average Bonchev–Trinajstić information content (AvgIpc) is 3.32. The molecule has 2 fully saturated rings. The lowest BCUT2D eigenvalue weighted by molar-refractivity contribution is 0.0796. The number of nitrogens with zero attached hydrogens (tertiary/aromatic N) is 6. The van der Waals surface area contributed by atoms with E-state index in [1.165, 1.54) is 0 Å². The lowest BCUT2D eigenvalue weighted by Crippen LogP contribution is -2.48. The van der Waals surface area contributed by atoms with Crippen LogP contribution in [0.2, 0.25) is 0 Å². The summed E-state index contributed by atoms with van der Waals surface area (Å²) in [5.74, 6) is 1.76. The van der Waals surface area contributed by atoms with Gasteiger partial charge in [0.2, 0.25) is 0 Å². The highest BCUT2D eigenvalue weighted by Gasteiger charge is 2.30. The van der Waals surface area contributed by atoms with Crippen LogP contribution in [0.4, 0.5) is 5.82 Å². The molecule has 0 spiro atoms. The Bertz CT molecular complexity index is 1070. The summed E-state index contributed by atoms with van der Waals surface area (Å²) in [6, 6.07) is 6.84. The lowest BCUT2D eigenvalue weighted by Gasteiger charge is -2.41. The molecule has 8 nitrogen and oxygen atoms in total. The number of aromatic amines is 1. The number of fused-ring (bicyclic) bond motifs is 1. The maximum Gasteiger partial charge on any atom is 0.162 e. The third kappa shape index (κ3) is 3.98. The number of rotatable bonds is 5. The number of H-pyrrole nitrogens is 1. The smallest absolute Gasteiger partial charge is 0.162 e. The summed E-state index contributed by atoms with van der Waals surface area (Å²) >= 11 is 0.